The van der Waals surface area contributed by atoms with Crippen LogP contribution in [0.1, 0.15) is 11.7 Å². The number of rotatable bonds is 3. The molecule has 1 saturated heterocycles. The average molecular weight is 277 g/mol. The average Bonchev–Trinajstić information content (AvgIpc) is 2.89. The van der Waals surface area contributed by atoms with Crippen molar-refractivity contribution in [1.29, 1.82) is 0 Å². The van der Waals surface area contributed by atoms with Crippen molar-refractivity contribution in [2.45, 2.75) is 12.2 Å². The van der Waals surface area contributed by atoms with Crippen LogP contribution in [-0.4, -0.2) is 59.3 Å². The van der Waals surface area contributed by atoms with Crippen molar-refractivity contribution in [3.8, 4) is 0 Å². The Hall–Kier alpha value is -1.53. The van der Waals surface area contributed by atoms with E-state index >= 15 is 0 Å². The van der Waals surface area contributed by atoms with Crippen LogP contribution in [0.5, 0.6) is 0 Å². The standard InChI is InChI=1S/C14H20FN5/c1-19-13(4-5-18-19)14(20-8-6-16-7-9-20)12-3-2-11(15)10-17-12/h2-5,11,14,16H,6-10H2,1H3. The second kappa shape index (κ2) is 5.85. The van der Waals surface area contributed by atoms with Crippen molar-refractivity contribution in [2.24, 2.45) is 12.0 Å². The Morgan fingerprint density at radius 3 is 2.80 bits per heavy atom. The topological polar surface area (TPSA) is 45.5 Å². The van der Waals surface area contributed by atoms with Gasteiger partial charge >= 0.3 is 0 Å². The summed E-state index contributed by atoms with van der Waals surface area (Å²) in [6.45, 7) is 4.09. The quantitative estimate of drug-likeness (QED) is 0.885. The number of nitrogens with one attached hydrogen (secondary N) is 1. The van der Waals surface area contributed by atoms with Crippen molar-refractivity contribution >= 4 is 5.71 Å². The first kappa shape index (κ1) is 13.5. The van der Waals surface area contributed by atoms with E-state index in [0.29, 0.717) is 0 Å². The number of dihydropyridines is 1. The minimum atomic E-state index is -0.950. The molecule has 1 aromatic heterocycles. The molecule has 20 heavy (non-hydrogen) atoms. The third kappa shape index (κ3) is 2.66. The number of aliphatic imine (C=N–C) groups is 1. The van der Waals surface area contributed by atoms with Gasteiger partial charge in [-0.25, -0.2) is 4.39 Å². The second-order valence-corrected chi connectivity index (χ2v) is 5.21. The van der Waals surface area contributed by atoms with Crippen LogP contribution in [0.15, 0.2) is 29.4 Å². The van der Waals surface area contributed by atoms with Crippen molar-refractivity contribution in [2.75, 3.05) is 32.7 Å². The SMILES string of the molecule is Cn1nccc1C(C1=NCC(F)C=C1)N1CCNCC1. The van der Waals surface area contributed by atoms with Crippen LogP contribution in [0.2, 0.25) is 0 Å². The summed E-state index contributed by atoms with van der Waals surface area (Å²) in [5, 5.41) is 7.62. The molecule has 1 fully saturated rings. The fourth-order valence-electron chi connectivity index (χ4n) is 2.81. The lowest BCUT2D eigenvalue weighted by Crippen LogP contribution is -2.47. The van der Waals surface area contributed by atoms with E-state index in [0.717, 1.165) is 37.6 Å². The van der Waals surface area contributed by atoms with Crippen LogP contribution in [0.25, 0.3) is 0 Å². The van der Waals surface area contributed by atoms with Gasteiger partial charge in [-0.15, -0.1) is 0 Å². The Bertz CT molecular complexity index is 515. The van der Waals surface area contributed by atoms with Crippen LogP contribution in [0.3, 0.4) is 0 Å². The number of piperazine rings is 1. The fourth-order valence-corrected chi connectivity index (χ4v) is 2.81. The van der Waals surface area contributed by atoms with Gasteiger partial charge in [0.25, 0.3) is 0 Å². The van der Waals surface area contributed by atoms with Crippen LogP contribution in [0, 0.1) is 0 Å². The molecule has 0 bridgehead atoms. The maximum Gasteiger partial charge on any atom is 0.138 e. The van der Waals surface area contributed by atoms with E-state index in [4.69, 9.17) is 0 Å². The molecule has 2 unspecified atom stereocenters. The normalized spacial score (nSPS) is 25.5. The highest BCUT2D eigenvalue weighted by Gasteiger charge is 2.29. The molecule has 1 aromatic rings. The number of hydrogen-bond acceptors (Lipinski definition) is 4. The third-order valence-electron chi connectivity index (χ3n) is 3.86. The molecule has 0 spiro atoms. The molecule has 108 valence electrons. The molecule has 0 amide bonds. The number of aryl methyl sites for hydroxylation is 1. The van der Waals surface area contributed by atoms with Gasteiger partial charge in [-0.3, -0.25) is 14.6 Å². The zero-order valence-corrected chi connectivity index (χ0v) is 11.7. The van der Waals surface area contributed by atoms with E-state index < -0.39 is 6.17 Å². The summed E-state index contributed by atoms with van der Waals surface area (Å²) >= 11 is 0. The van der Waals surface area contributed by atoms with E-state index in [1.807, 2.05) is 23.9 Å². The van der Waals surface area contributed by atoms with Gasteiger partial charge in [0.2, 0.25) is 0 Å². The highest BCUT2D eigenvalue weighted by atomic mass is 19.1. The van der Waals surface area contributed by atoms with Gasteiger partial charge < -0.3 is 5.32 Å². The smallest absolute Gasteiger partial charge is 0.138 e. The predicted molar refractivity (Wildman–Crippen MR) is 76.7 cm³/mol. The van der Waals surface area contributed by atoms with Gasteiger partial charge in [0, 0.05) is 39.4 Å². The molecule has 6 heteroatoms. The molecule has 2 atom stereocenters. The molecule has 2 aliphatic rings. The first-order chi connectivity index (χ1) is 9.75. The van der Waals surface area contributed by atoms with E-state index in [1.165, 1.54) is 0 Å². The Morgan fingerprint density at radius 2 is 2.20 bits per heavy atom. The molecule has 0 saturated carbocycles. The van der Waals surface area contributed by atoms with Crippen LogP contribution in [0.4, 0.5) is 4.39 Å². The second-order valence-electron chi connectivity index (χ2n) is 5.21. The third-order valence-corrected chi connectivity index (χ3v) is 3.86. The number of aromatic nitrogens is 2. The molecule has 2 aliphatic heterocycles. The highest BCUT2D eigenvalue weighted by molar-refractivity contribution is 6.00. The van der Waals surface area contributed by atoms with E-state index in [2.05, 4.69) is 20.3 Å². The molecule has 3 heterocycles. The summed E-state index contributed by atoms with van der Waals surface area (Å²) in [6, 6.07) is 2.08. The molecule has 0 radical (unpaired) electrons. The van der Waals surface area contributed by atoms with E-state index in [1.54, 1.807) is 12.3 Å². The van der Waals surface area contributed by atoms with Gasteiger partial charge in [0.1, 0.15) is 6.17 Å². The highest BCUT2D eigenvalue weighted by Crippen LogP contribution is 2.24. The summed E-state index contributed by atoms with van der Waals surface area (Å²) in [5.74, 6) is 0. The molecular weight excluding hydrogens is 257 g/mol. The summed E-state index contributed by atoms with van der Waals surface area (Å²) in [4.78, 5) is 6.82. The molecule has 5 nitrogen and oxygen atoms in total. The van der Waals surface area contributed by atoms with E-state index in [-0.39, 0.29) is 12.6 Å². The minimum Gasteiger partial charge on any atom is -0.314 e. The van der Waals surface area contributed by atoms with Gasteiger partial charge in [-0.2, -0.15) is 5.10 Å². The zero-order valence-electron chi connectivity index (χ0n) is 11.7. The monoisotopic (exact) mass is 277 g/mol. The molecule has 0 aliphatic carbocycles. The molecule has 3 rings (SSSR count). The van der Waals surface area contributed by atoms with Crippen molar-refractivity contribution < 1.29 is 4.39 Å². The number of nitrogens with zero attached hydrogens (tertiary/aromatic N) is 4. The van der Waals surface area contributed by atoms with Crippen LogP contribution < -0.4 is 5.32 Å². The summed E-state index contributed by atoms with van der Waals surface area (Å²) in [5.41, 5.74) is 2.04. The fraction of sp³-hybridized carbons (Fsp3) is 0.571. The van der Waals surface area contributed by atoms with Crippen molar-refractivity contribution in [3.05, 3.63) is 30.1 Å². The molecule has 1 N–H and O–H groups in total. The number of alkyl halides is 1. The number of halogens is 1. The van der Waals surface area contributed by atoms with Crippen LogP contribution >= 0.6 is 0 Å². The zero-order chi connectivity index (χ0) is 13.9. The molecule has 0 aromatic carbocycles. The lowest BCUT2D eigenvalue weighted by atomic mass is 10.0. The van der Waals surface area contributed by atoms with Crippen molar-refractivity contribution in [1.82, 2.24) is 20.0 Å². The number of hydrogen-bond donors (Lipinski definition) is 1. The summed E-state index contributed by atoms with van der Waals surface area (Å²) in [7, 11) is 1.94. The summed E-state index contributed by atoms with van der Waals surface area (Å²) < 4.78 is 15.1. The largest absolute Gasteiger partial charge is 0.314 e. The Morgan fingerprint density at radius 1 is 1.40 bits per heavy atom. The Labute approximate surface area is 118 Å². The van der Waals surface area contributed by atoms with Gasteiger partial charge in [-0.1, -0.05) is 0 Å². The summed E-state index contributed by atoms with van der Waals surface area (Å²) in [6.07, 6.45) is 4.28. The van der Waals surface area contributed by atoms with Gasteiger partial charge in [0.15, 0.2) is 0 Å². The Kier molecular flexibility index (Phi) is 3.93. The minimum absolute atomic E-state index is 0.0633. The van der Waals surface area contributed by atoms with Gasteiger partial charge in [-0.05, 0) is 18.2 Å². The molecular formula is C14H20FN5. The van der Waals surface area contributed by atoms with Crippen molar-refractivity contribution in [3.63, 3.8) is 0 Å². The lowest BCUT2D eigenvalue weighted by molar-refractivity contribution is 0.208. The first-order valence-electron chi connectivity index (χ1n) is 7.05. The van der Waals surface area contributed by atoms with Gasteiger partial charge in [0.05, 0.1) is 24.0 Å². The maximum absolute atomic E-state index is 13.2. The van der Waals surface area contributed by atoms with E-state index in [9.17, 15) is 4.39 Å². The van der Waals surface area contributed by atoms with Crippen LogP contribution in [-0.2, 0) is 7.05 Å². The lowest BCUT2D eigenvalue weighted by Gasteiger charge is -2.35. The predicted octanol–water partition coefficient (Wildman–Crippen LogP) is 0.715. The maximum atomic E-state index is 13.2. The first-order valence-corrected chi connectivity index (χ1v) is 7.05. The Balaban J connectivity index is 1.91.